The van der Waals surface area contributed by atoms with Gasteiger partial charge in [0.1, 0.15) is 0 Å². The number of unbranched alkanes of at least 4 members (excludes halogenated alkanes) is 1. The summed E-state index contributed by atoms with van der Waals surface area (Å²) in [5.74, 6) is -0.148. The van der Waals surface area contributed by atoms with Gasteiger partial charge >= 0.3 is 0 Å². The third-order valence-corrected chi connectivity index (χ3v) is 4.19. The van der Waals surface area contributed by atoms with Gasteiger partial charge in [0, 0.05) is 23.9 Å². The number of carbonyl (C=O) groups excluding carboxylic acids is 2. The van der Waals surface area contributed by atoms with Gasteiger partial charge in [-0.05, 0) is 36.1 Å². The highest BCUT2D eigenvalue weighted by Gasteiger charge is 2.03. The molecule has 0 aliphatic rings. The molecule has 0 saturated carbocycles. The molecule has 0 atom stereocenters. The quantitative estimate of drug-likeness (QED) is 0.371. The number of hydrogen-bond acceptors (Lipinski definition) is 3. The molecule has 136 valence electrons. The van der Waals surface area contributed by atoms with Gasteiger partial charge in [-0.15, -0.1) is 0 Å². The predicted octanol–water partition coefficient (Wildman–Crippen LogP) is 3.78. The lowest BCUT2D eigenvalue weighted by molar-refractivity contribution is -0.123. The van der Waals surface area contributed by atoms with Crippen LogP contribution < -0.4 is 10.7 Å². The Labute approximate surface area is 162 Å². The maximum atomic E-state index is 11.8. The molecule has 2 aromatic carbocycles. The van der Waals surface area contributed by atoms with Crippen LogP contribution in [-0.2, 0) is 16.1 Å². The van der Waals surface area contributed by atoms with Gasteiger partial charge in [-0.1, -0.05) is 58.4 Å². The van der Waals surface area contributed by atoms with Gasteiger partial charge in [0.15, 0.2) is 0 Å². The topological polar surface area (TPSA) is 70.6 Å². The molecule has 2 rings (SSSR count). The van der Waals surface area contributed by atoms with Crippen molar-refractivity contribution in [2.24, 2.45) is 5.10 Å². The average molecular weight is 416 g/mol. The number of benzene rings is 2. The normalized spacial score (nSPS) is 10.7. The smallest absolute Gasteiger partial charge is 0.240 e. The Morgan fingerprint density at radius 1 is 0.923 bits per heavy atom. The first-order valence-electron chi connectivity index (χ1n) is 8.51. The van der Waals surface area contributed by atoms with Gasteiger partial charge in [0.25, 0.3) is 0 Å². The summed E-state index contributed by atoms with van der Waals surface area (Å²) in [5.41, 5.74) is 4.48. The van der Waals surface area contributed by atoms with Gasteiger partial charge in [0.05, 0.1) is 6.21 Å². The molecule has 0 aliphatic heterocycles. The van der Waals surface area contributed by atoms with E-state index in [9.17, 15) is 9.59 Å². The fourth-order valence-corrected chi connectivity index (χ4v) is 2.50. The standard InChI is InChI=1S/C20H22BrN3O2/c21-18-12-10-17(11-13-18)15-23-24-20(26)9-5-4-8-19(25)22-14-16-6-2-1-3-7-16/h1-3,6-7,10-13,15H,4-5,8-9,14H2,(H,22,25)(H,24,26). The van der Waals surface area contributed by atoms with Gasteiger partial charge in [-0.3, -0.25) is 9.59 Å². The molecule has 0 heterocycles. The number of nitrogens with one attached hydrogen (secondary N) is 2. The molecule has 2 aromatic rings. The summed E-state index contributed by atoms with van der Waals surface area (Å²) in [6.07, 6.45) is 3.69. The predicted molar refractivity (Wildman–Crippen MR) is 107 cm³/mol. The SMILES string of the molecule is O=C(CCCCC(=O)NN=Cc1ccc(Br)cc1)NCc1ccccc1. The summed E-state index contributed by atoms with van der Waals surface area (Å²) in [5, 5.41) is 6.81. The minimum atomic E-state index is -0.150. The first-order chi connectivity index (χ1) is 12.6. The van der Waals surface area contributed by atoms with Crippen LogP contribution in [0.25, 0.3) is 0 Å². The molecule has 0 aromatic heterocycles. The number of rotatable bonds is 9. The highest BCUT2D eigenvalue weighted by molar-refractivity contribution is 9.10. The van der Waals surface area contributed by atoms with Gasteiger partial charge in [-0.25, -0.2) is 5.43 Å². The molecule has 5 nitrogen and oxygen atoms in total. The number of carbonyl (C=O) groups is 2. The van der Waals surface area contributed by atoms with E-state index in [1.165, 1.54) is 0 Å². The molecule has 6 heteroatoms. The molecule has 2 N–H and O–H groups in total. The highest BCUT2D eigenvalue weighted by atomic mass is 79.9. The monoisotopic (exact) mass is 415 g/mol. The second kappa shape index (κ2) is 11.2. The van der Waals surface area contributed by atoms with Crippen molar-refractivity contribution in [2.75, 3.05) is 0 Å². The Morgan fingerprint density at radius 3 is 2.27 bits per heavy atom. The molecule has 2 amide bonds. The van der Waals surface area contributed by atoms with E-state index in [0.29, 0.717) is 32.2 Å². The summed E-state index contributed by atoms with van der Waals surface area (Å²) < 4.78 is 0.992. The zero-order valence-electron chi connectivity index (χ0n) is 14.5. The molecule has 0 fully saturated rings. The third-order valence-electron chi connectivity index (χ3n) is 3.66. The van der Waals surface area contributed by atoms with Crippen molar-refractivity contribution in [3.63, 3.8) is 0 Å². The fourth-order valence-electron chi connectivity index (χ4n) is 2.24. The maximum absolute atomic E-state index is 11.8. The molecule has 0 unspecified atom stereocenters. The minimum absolute atomic E-state index is 0.00233. The van der Waals surface area contributed by atoms with Gasteiger partial charge in [0.2, 0.25) is 11.8 Å². The van der Waals surface area contributed by atoms with Crippen LogP contribution in [0.1, 0.15) is 36.8 Å². The van der Waals surface area contributed by atoms with E-state index >= 15 is 0 Å². The van der Waals surface area contributed by atoms with Crippen LogP contribution in [0.4, 0.5) is 0 Å². The molecule has 26 heavy (non-hydrogen) atoms. The molecule has 0 saturated heterocycles. The zero-order valence-corrected chi connectivity index (χ0v) is 16.0. The van der Waals surface area contributed by atoms with E-state index in [1.807, 2.05) is 54.6 Å². The summed E-state index contributed by atoms with van der Waals surface area (Å²) >= 11 is 3.36. The lowest BCUT2D eigenvalue weighted by atomic mass is 10.1. The molecule has 0 bridgehead atoms. The number of nitrogens with zero attached hydrogens (tertiary/aromatic N) is 1. The van der Waals surface area contributed by atoms with Crippen molar-refractivity contribution < 1.29 is 9.59 Å². The van der Waals surface area contributed by atoms with Crippen LogP contribution in [0.3, 0.4) is 0 Å². The highest BCUT2D eigenvalue weighted by Crippen LogP contribution is 2.09. The Bertz CT molecular complexity index is 730. The lowest BCUT2D eigenvalue weighted by Gasteiger charge is -2.05. The van der Waals surface area contributed by atoms with Crippen LogP contribution >= 0.6 is 15.9 Å². The van der Waals surface area contributed by atoms with Crippen molar-refractivity contribution in [3.05, 3.63) is 70.2 Å². The Hall–Kier alpha value is -2.47. The second-order valence-electron chi connectivity index (χ2n) is 5.81. The second-order valence-corrected chi connectivity index (χ2v) is 6.73. The number of hydrazone groups is 1. The lowest BCUT2D eigenvalue weighted by Crippen LogP contribution is -2.22. The maximum Gasteiger partial charge on any atom is 0.240 e. The van der Waals surface area contributed by atoms with E-state index in [1.54, 1.807) is 6.21 Å². The van der Waals surface area contributed by atoms with Crippen molar-refractivity contribution in [1.29, 1.82) is 0 Å². The molecule has 0 radical (unpaired) electrons. The number of halogens is 1. The van der Waals surface area contributed by atoms with Crippen molar-refractivity contribution in [3.8, 4) is 0 Å². The van der Waals surface area contributed by atoms with E-state index in [2.05, 4.69) is 31.8 Å². The third kappa shape index (κ3) is 8.07. The minimum Gasteiger partial charge on any atom is -0.352 e. The molecular weight excluding hydrogens is 394 g/mol. The van der Waals surface area contributed by atoms with Crippen LogP contribution in [0, 0.1) is 0 Å². The van der Waals surface area contributed by atoms with Crippen molar-refractivity contribution in [2.45, 2.75) is 32.2 Å². The Morgan fingerprint density at radius 2 is 1.58 bits per heavy atom. The summed E-state index contributed by atoms with van der Waals surface area (Å²) in [4.78, 5) is 23.5. The molecular formula is C20H22BrN3O2. The van der Waals surface area contributed by atoms with E-state index < -0.39 is 0 Å². The molecule has 0 spiro atoms. The van der Waals surface area contributed by atoms with Gasteiger partial charge in [-0.2, -0.15) is 5.10 Å². The van der Waals surface area contributed by atoms with Crippen LogP contribution in [0.5, 0.6) is 0 Å². The Kier molecular flexibility index (Phi) is 8.55. The van der Waals surface area contributed by atoms with Crippen LogP contribution in [-0.4, -0.2) is 18.0 Å². The summed E-state index contributed by atoms with van der Waals surface area (Å²) in [7, 11) is 0. The largest absolute Gasteiger partial charge is 0.352 e. The number of amides is 2. The van der Waals surface area contributed by atoms with E-state index in [-0.39, 0.29) is 11.8 Å². The van der Waals surface area contributed by atoms with E-state index in [4.69, 9.17) is 0 Å². The molecule has 0 aliphatic carbocycles. The number of hydrogen-bond donors (Lipinski definition) is 2. The summed E-state index contributed by atoms with van der Waals surface area (Å²) in [6, 6.07) is 17.4. The van der Waals surface area contributed by atoms with Gasteiger partial charge < -0.3 is 5.32 Å². The van der Waals surface area contributed by atoms with E-state index in [0.717, 1.165) is 15.6 Å². The van der Waals surface area contributed by atoms with Crippen molar-refractivity contribution in [1.82, 2.24) is 10.7 Å². The van der Waals surface area contributed by atoms with Crippen LogP contribution in [0.15, 0.2) is 64.2 Å². The van der Waals surface area contributed by atoms with Crippen molar-refractivity contribution >= 4 is 34.0 Å². The summed E-state index contributed by atoms with van der Waals surface area (Å²) in [6.45, 7) is 0.533. The average Bonchev–Trinajstić information content (AvgIpc) is 2.66. The Balaban J connectivity index is 1.55. The zero-order chi connectivity index (χ0) is 18.6. The first-order valence-corrected chi connectivity index (χ1v) is 9.31. The van der Waals surface area contributed by atoms with Crippen LogP contribution in [0.2, 0.25) is 0 Å². The fraction of sp³-hybridized carbons (Fsp3) is 0.250. The first kappa shape index (κ1) is 19.8.